The summed E-state index contributed by atoms with van der Waals surface area (Å²) in [6.07, 6.45) is 2.34. The quantitative estimate of drug-likeness (QED) is 0.801. The molecule has 1 aromatic rings. The Balaban J connectivity index is 2.42. The largest absolute Gasteiger partial charge is 0.492 e. The van der Waals surface area contributed by atoms with Crippen LogP contribution in [0.1, 0.15) is 26.7 Å². The summed E-state index contributed by atoms with van der Waals surface area (Å²) < 4.78 is 5.74. The molecule has 1 N–H and O–H groups in total. The summed E-state index contributed by atoms with van der Waals surface area (Å²) >= 11 is 5.91. The first-order chi connectivity index (χ1) is 8.15. The van der Waals surface area contributed by atoms with E-state index in [1.54, 1.807) is 0 Å². The molecule has 2 unspecified atom stereocenters. The average Bonchev–Trinajstić information content (AvgIpc) is 2.34. The van der Waals surface area contributed by atoms with E-state index >= 15 is 0 Å². The maximum absolute atomic E-state index is 5.91. The van der Waals surface area contributed by atoms with Crippen molar-refractivity contribution in [3.8, 4) is 5.75 Å². The summed E-state index contributed by atoms with van der Waals surface area (Å²) in [6.45, 7) is 5.17. The Labute approximate surface area is 109 Å². The van der Waals surface area contributed by atoms with Crippen LogP contribution < -0.4 is 10.1 Å². The number of nitrogens with one attached hydrogen (secondary N) is 1. The van der Waals surface area contributed by atoms with Crippen molar-refractivity contribution in [2.24, 2.45) is 5.92 Å². The first-order valence-electron chi connectivity index (χ1n) is 6.21. The van der Waals surface area contributed by atoms with E-state index in [4.69, 9.17) is 16.3 Å². The Kier molecular flexibility index (Phi) is 6.38. The molecule has 3 heteroatoms. The van der Waals surface area contributed by atoms with E-state index < -0.39 is 0 Å². The highest BCUT2D eigenvalue weighted by atomic mass is 35.5. The lowest BCUT2D eigenvalue weighted by Gasteiger charge is -2.20. The van der Waals surface area contributed by atoms with E-state index in [-0.39, 0.29) is 0 Å². The highest BCUT2D eigenvalue weighted by molar-refractivity contribution is 6.30. The van der Waals surface area contributed by atoms with E-state index in [2.05, 4.69) is 19.2 Å². The molecule has 0 amide bonds. The normalized spacial score (nSPS) is 14.4. The fraction of sp³-hybridized carbons (Fsp3) is 0.571. The molecule has 0 saturated heterocycles. The third kappa shape index (κ3) is 5.42. The topological polar surface area (TPSA) is 21.3 Å². The highest BCUT2D eigenvalue weighted by Crippen LogP contribution is 2.18. The van der Waals surface area contributed by atoms with Crippen LogP contribution in [-0.4, -0.2) is 19.7 Å². The predicted octanol–water partition coefficient (Wildman–Crippen LogP) is 3.74. The van der Waals surface area contributed by atoms with Gasteiger partial charge in [0.05, 0.1) is 0 Å². The second-order valence-electron chi connectivity index (χ2n) is 4.50. The van der Waals surface area contributed by atoms with Gasteiger partial charge in [0.15, 0.2) is 0 Å². The first kappa shape index (κ1) is 14.3. The van der Waals surface area contributed by atoms with Gasteiger partial charge in [0, 0.05) is 11.1 Å². The lowest BCUT2D eigenvalue weighted by atomic mass is 10.00. The van der Waals surface area contributed by atoms with Gasteiger partial charge in [-0.2, -0.15) is 0 Å². The van der Waals surface area contributed by atoms with E-state index in [9.17, 15) is 0 Å². The van der Waals surface area contributed by atoms with Gasteiger partial charge in [-0.3, -0.25) is 0 Å². The Morgan fingerprint density at radius 1 is 1.41 bits per heavy atom. The van der Waals surface area contributed by atoms with Gasteiger partial charge < -0.3 is 10.1 Å². The number of likely N-dealkylation sites (N-methyl/N-ethyl adjacent to an activating group) is 1. The molecule has 1 aromatic carbocycles. The van der Waals surface area contributed by atoms with Crippen LogP contribution in [0.4, 0.5) is 0 Å². The summed E-state index contributed by atoms with van der Waals surface area (Å²) in [7, 11) is 1.98. The van der Waals surface area contributed by atoms with Crippen LogP contribution in [0.25, 0.3) is 0 Å². The average molecular weight is 256 g/mol. The van der Waals surface area contributed by atoms with Crippen LogP contribution in [-0.2, 0) is 0 Å². The van der Waals surface area contributed by atoms with E-state index in [0.717, 1.165) is 18.1 Å². The number of rotatable bonds is 7. The summed E-state index contributed by atoms with van der Waals surface area (Å²) in [4.78, 5) is 0. The minimum atomic E-state index is 0.393. The molecular formula is C14H22ClNO. The maximum Gasteiger partial charge on any atom is 0.120 e. The Morgan fingerprint density at radius 3 is 2.76 bits per heavy atom. The molecule has 0 saturated carbocycles. The third-order valence-corrected chi connectivity index (χ3v) is 3.27. The van der Waals surface area contributed by atoms with Crippen LogP contribution >= 0.6 is 11.6 Å². The van der Waals surface area contributed by atoms with Crippen LogP contribution in [0.3, 0.4) is 0 Å². The SMILES string of the molecule is CCC(C)CC(COc1cccc(Cl)c1)NC. The summed E-state index contributed by atoms with van der Waals surface area (Å²) in [5, 5.41) is 4.01. The number of halogens is 1. The fourth-order valence-corrected chi connectivity index (χ4v) is 1.86. The molecule has 0 aliphatic heterocycles. The Morgan fingerprint density at radius 2 is 2.18 bits per heavy atom. The van der Waals surface area contributed by atoms with Gasteiger partial charge in [0.1, 0.15) is 12.4 Å². The summed E-state index contributed by atoms with van der Waals surface area (Å²) in [5.41, 5.74) is 0. The standard InChI is InChI=1S/C14H22ClNO/c1-4-11(2)8-13(16-3)10-17-14-7-5-6-12(15)9-14/h5-7,9,11,13,16H,4,8,10H2,1-3H3. The minimum Gasteiger partial charge on any atom is -0.492 e. The first-order valence-corrected chi connectivity index (χ1v) is 6.59. The predicted molar refractivity (Wildman–Crippen MR) is 73.9 cm³/mol. The van der Waals surface area contributed by atoms with Gasteiger partial charge >= 0.3 is 0 Å². The van der Waals surface area contributed by atoms with Crippen LogP contribution in [0, 0.1) is 5.92 Å². The Hall–Kier alpha value is -0.730. The van der Waals surface area contributed by atoms with Gasteiger partial charge in [-0.25, -0.2) is 0 Å². The van der Waals surface area contributed by atoms with Crippen molar-refractivity contribution in [3.05, 3.63) is 29.3 Å². The number of hydrogen-bond acceptors (Lipinski definition) is 2. The van der Waals surface area contributed by atoms with Crippen molar-refractivity contribution < 1.29 is 4.74 Å². The molecule has 0 bridgehead atoms. The lowest BCUT2D eigenvalue weighted by Crippen LogP contribution is -2.33. The number of hydrogen-bond donors (Lipinski definition) is 1. The molecule has 0 fully saturated rings. The van der Waals surface area contributed by atoms with Crippen molar-refractivity contribution in [3.63, 3.8) is 0 Å². The van der Waals surface area contributed by atoms with Gasteiger partial charge in [-0.05, 0) is 37.6 Å². The van der Waals surface area contributed by atoms with Gasteiger partial charge in [0.25, 0.3) is 0 Å². The van der Waals surface area contributed by atoms with Crippen LogP contribution in [0.2, 0.25) is 5.02 Å². The molecule has 96 valence electrons. The van der Waals surface area contributed by atoms with Crippen LogP contribution in [0.5, 0.6) is 5.75 Å². The molecule has 17 heavy (non-hydrogen) atoms. The van der Waals surface area contributed by atoms with Crippen molar-refractivity contribution in [1.29, 1.82) is 0 Å². The molecule has 0 radical (unpaired) electrons. The summed E-state index contributed by atoms with van der Waals surface area (Å²) in [5.74, 6) is 1.55. The Bertz CT molecular complexity index is 330. The molecular weight excluding hydrogens is 234 g/mol. The number of benzene rings is 1. The highest BCUT2D eigenvalue weighted by Gasteiger charge is 2.11. The molecule has 0 aliphatic rings. The second-order valence-corrected chi connectivity index (χ2v) is 4.94. The lowest BCUT2D eigenvalue weighted by molar-refractivity contribution is 0.247. The molecule has 1 rings (SSSR count). The van der Waals surface area contributed by atoms with Crippen molar-refractivity contribution in [2.75, 3.05) is 13.7 Å². The fourth-order valence-electron chi connectivity index (χ4n) is 1.68. The van der Waals surface area contributed by atoms with Crippen molar-refractivity contribution in [2.45, 2.75) is 32.7 Å². The monoisotopic (exact) mass is 255 g/mol. The zero-order chi connectivity index (χ0) is 12.7. The maximum atomic E-state index is 5.91. The van der Waals surface area contributed by atoms with Crippen molar-refractivity contribution in [1.82, 2.24) is 5.32 Å². The van der Waals surface area contributed by atoms with Crippen LogP contribution in [0.15, 0.2) is 24.3 Å². The molecule has 0 heterocycles. The molecule has 0 aromatic heterocycles. The second kappa shape index (κ2) is 7.57. The molecule has 0 aliphatic carbocycles. The van der Waals surface area contributed by atoms with E-state index in [1.165, 1.54) is 6.42 Å². The zero-order valence-corrected chi connectivity index (χ0v) is 11.6. The van der Waals surface area contributed by atoms with Crippen molar-refractivity contribution >= 4 is 11.6 Å². The van der Waals surface area contributed by atoms with Gasteiger partial charge in [0.2, 0.25) is 0 Å². The number of ether oxygens (including phenoxy) is 1. The van der Waals surface area contributed by atoms with E-state index in [0.29, 0.717) is 17.7 Å². The van der Waals surface area contributed by atoms with Gasteiger partial charge in [-0.1, -0.05) is 37.9 Å². The van der Waals surface area contributed by atoms with E-state index in [1.807, 2.05) is 31.3 Å². The molecule has 2 nitrogen and oxygen atoms in total. The molecule has 2 atom stereocenters. The minimum absolute atomic E-state index is 0.393. The van der Waals surface area contributed by atoms with Gasteiger partial charge in [-0.15, -0.1) is 0 Å². The smallest absolute Gasteiger partial charge is 0.120 e. The zero-order valence-electron chi connectivity index (χ0n) is 10.9. The molecule has 0 spiro atoms. The third-order valence-electron chi connectivity index (χ3n) is 3.04. The summed E-state index contributed by atoms with van der Waals surface area (Å²) in [6, 6.07) is 7.92.